The van der Waals surface area contributed by atoms with Gasteiger partial charge in [0, 0.05) is 5.56 Å². The molecule has 1 aromatic heterocycles. The zero-order valence-corrected chi connectivity index (χ0v) is 13.0. The third-order valence-corrected chi connectivity index (χ3v) is 3.95. The molecule has 0 aliphatic rings. The highest BCUT2D eigenvalue weighted by atomic mass is 15.4. The molecule has 0 aliphatic carbocycles. The first-order chi connectivity index (χ1) is 11.8. The van der Waals surface area contributed by atoms with Crippen LogP contribution in [0, 0.1) is 0 Å². The van der Waals surface area contributed by atoms with Crippen molar-refractivity contribution < 1.29 is 0 Å². The van der Waals surface area contributed by atoms with Crippen molar-refractivity contribution in [2.75, 3.05) is 0 Å². The number of nitrogens with zero attached hydrogens (tertiary/aromatic N) is 3. The second kappa shape index (κ2) is 6.01. The molecule has 0 radical (unpaired) electrons. The first-order valence-electron chi connectivity index (χ1n) is 7.76. The standard InChI is InChI=1S/C20H16N4/c21-19(15-9-3-1-4-10-15)20(16-11-5-2-6-12-16)24-18-14-8-7-13-17(18)22-23-24/h1-14H,21H2. The van der Waals surface area contributed by atoms with Crippen LogP contribution in [0.25, 0.3) is 22.4 Å². The Kier molecular flexibility index (Phi) is 3.56. The lowest BCUT2D eigenvalue weighted by Crippen LogP contribution is -2.09. The van der Waals surface area contributed by atoms with Crippen LogP contribution in [0.5, 0.6) is 0 Å². The molecule has 0 saturated heterocycles. The summed E-state index contributed by atoms with van der Waals surface area (Å²) < 4.78 is 1.81. The van der Waals surface area contributed by atoms with Gasteiger partial charge in [-0.2, -0.15) is 0 Å². The van der Waals surface area contributed by atoms with Crippen molar-refractivity contribution in [2.24, 2.45) is 5.73 Å². The fourth-order valence-electron chi connectivity index (χ4n) is 2.78. The van der Waals surface area contributed by atoms with Gasteiger partial charge < -0.3 is 5.73 Å². The number of fused-ring (bicyclic) bond motifs is 1. The topological polar surface area (TPSA) is 56.7 Å². The van der Waals surface area contributed by atoms with Gasteiger partial charge in [0.1, 0.15) is 5.52 Å². The molecule has 0 unspecified atom stereocenters. The summed E-state index contributed by atoms with van der Waals surface area (Å²) in [5.41, 5.74) is 11.8. The Morgan fingerprint density at radius 2 is 1.29 bits per heavy atom. The van der Waals surface area contributed by atoms with Crippen LogP contribution in [0.4, 0.5) is 0 Å². The van der Waals surface area contributed by atoms with Crippen molar-refractivity contribution in [1.82, 2.24) is 15.0 Å². The minimum absolute atomic E-state index is 0.664. The van der Waals surface area contributed by atoms with E-state index < -0.39 is 0 Å². The quantitative estimate of drug-likeness (QED) is 0.586. The molecule has 4 aromatic rings. The smallest absolute Gasteiger partial charge is 0.113 e. The lowest BCUT2D eigenvalue weighted by molar-refractivity contribution is 0.841. The summed E-state index contributed by atoms with van der Waals surface area (Å²) in [5.74, 6) is 0. The SMILES string of the molecule is NC(=C(c1ccccc1)n1nnc2ccccc21)c1ccccc1. The van der Waals surface area contributed by atoms with Gasteiger partial charge in [0.05, 0.1) is 16.9 Å². The number of hydrogen-bond donors (Lipinski definition) is 1. The van der Waals surface area contributed by atoms with E-state index in [9.17, 15) is 0 Å². The highest BCUT2D eigenvalue weighted by molar-refractivity contribution is 5.92. The maximum Gasteiger partial charge on any atom is 0.113 e. The van der Waals surface area contributed by atoms with E-state index in [1.54, 1.807) is 0 Å². The first kappa shape index (κ1) is 14.2. The highest BCUT2D eigenvalue weighted by Crippen LogP contribution is 2.26. The van der Waals surface area contributed by atoms with Crippen LogP contribution in [0.15, 0.2) is 84.9 Å². The minimum Gasteiger partial charge on any atom is -0.396 e. The lowest BCUT2D eigenvalue weighted by atomic mass is 10.1. The Hall–Kier alpha value is -3.40. The summed E-state index contributed by atoms with van der Waals surface area (Å²) in [6.07, 6.45) is 0. The Bertz CT molecular complexity index is 1000. The van der Waals surface area contributed by atoms with Crippen molar-refractivity contribution in [2.45, 2.75) is 0 Å². The molecule has 116 valence electrons. The molecular weight excluding hydrogens is 296 g/mol. The summed E-state index contributed by atoms with van der Waals surface area (Å²) in [6.45, 7) is 0. The normalized spacial score (nSPS) is 12.2. The van der Waals surface area contributed by atoms with Gasteiger partial charge in [0.25, 0.3) is 0 Å². The van der Waals surface area contributed by atoms with Gasteiger partial charge in [-0.15, -0.1) is 5.10 Å². The molecule has 24 heavy (non-hydrogen) atoms. The molecule has 0 aliphatic heterocycles. The van der Waals surface area contributed by atoms with Crippen LogP contribution in [-0.2, 0) is 0 Å². The van der Waals surface area contributed by atoms with Gasteiger partial charge >= 0.3 is 0 Å². The number of benzene rings is 3. The maximum absolute atomic E-state index is 6.54. The molecule has 0 atom stereocenters. The molecule has 4 rings (SSSR count). The lowest BCUT2D eigenvalue weighted by Gasteiger charge is -2.13. The molecule has 3 aromatic carbocycles. The largest absolute Gasteiger partial charge is 0.396 e. The van der Waals surface area contributed by atoms with Crippen LogP contribution < -0.4 is 5.73 Å². The number of hydrogen-bond acceptors (Lipinski definition) is 3. The van der Waals surface area contributed by atoms with Crippen molar-refractivity contribution in [3.8, 4) is 0 Å². The van der Waals surface area contributed by atoms with E-state index in [4.69, 9.17) is 5.73 Å². The summed E-state index contributed by atoms with van der Waals surface area (Å²) >= 11 is 0. The molecule has 0 spiro atoms. The third kappa shape index (κ3) is 2.44. The van der Waals surface area contributed by atoms with E-state index in [0.29, 0.717) is 5.70 Å². The van der Waals surface area contributed by atoms with Gasteiger partial charge in [-0.3, -0.25) is 0 Å². The predicted octanol–water partition coefficient (Wildman–Crippen LogP) is 3.76. The first-order valence-corrected chi connectivity index (χ1v) is 7.76. The predicted molar refractivity (Wildman–Crippen MR) is 96.8 cm³/mol. The molecule has 2 N–H and O–H groups in total. The molecule has 0 fully saturated rings. The Labute approximate surface area is 139 Å². The van der Waals surface area contributed by atoms with Gasteiger partial charge in [-0.25, -0.2) is 4.68 Å². The summed E-state index contributed by atoms with van der Waals surface area (Å²) in [4.78, 5) is 0. The average molecular weight is 312 g/mol. The van der Waals surface area contributed by atoms with Gasteiger partial charge in [0.2, 0.25) is 0 Å². The van der Waals surface area contributed by atoms with E-state index in [-0.39, 0.29) is 0 Å². The molecule has 1 heterocycles. The molecule has 0 amide bonds. The molecule has 0 saturated carbocycles. The number of aromatic nitrogens is 3. The molecule has 4 heteroatoms. The molecule has 0 bridgehead atoms. The van der Waals surface area contributed by atoms with Gasteiger partial charge in [-0.1, -0.05) is 78.0 Å². The Morgan fingerprint density at radius 1 is 0.708 bits per heavy atom. The zero-order valence-electron chi connectivity index (χ0n) is 13.0. The Morgan fingerprint density at radius 3 is 2.00 bits per heavy atom. The minimum atomic E-state index is 0.664. The fraction of sp³-hybridized carbons (Fsp3) is 0. The molecular formula is C20H16N4. The Balaban J connectivity index is 2.02. The maximum atomic E-state index is 6.54. The van der Waals surface area contributed by atoms with Crippen molar-refractivity contribution in [3.63, 3.8) is 0 Å². The monoisotopic (exact) mass is 312 g/mol. The third-order valence-electron chi connectivity index (χ3n) is 3.95. The van der Waals surface area contributed by atoms with Crippen LogP contribution in [0.1, 0.15) is 11.1 Å². The number of para-hydroxylation sites is 1. The molecule has 4 nitrogen and oxygen atoms in total. The number of rotatable bonds is 3. The fourth-order valence-corrected chi connectivity index (χ4v) is 2.78. The summed E-state index contributed by atoms with van der Waals surface area (Å²) in [6, 6.07) is 27.8. The van der Waals surface area contributed by atoms with Gasteiger partial charge in [-0.05, 0) is 17.7 Å². The van der Waals surface area contributed by atoms with Gasteiger partial charge in [0.15, 0.2) is 0 Å². The second-order valence-corrected chi connectivity index (χ2v) is 5.48. The van der Waals surface area contributed by atoms with Crippen LogP contribution in [-0.4, -0.2) is 15.0 Å². The second-order valence-electron chi connectivity index (χ2n) is 5.48. The zero-order chi connectivity index (χ0) is 16.4. The van der Waals surface area contributed by atoms with E-state index in [1.807, 2.05) is 89.6 Å². The highest BCUT2D eigenvalue weighted by Gasteiger charge is 2.15. The van der Waals surface area contributed by atoms with E-state index in [2.05, 4.69) is 10.3 Å². The van der Waals surface area contributed by atoms with E-state index in [0.717, 1.165) is 27.9 Å². The van der Waals surface area contributed by atoms with E-state index in [1.165, 1.54) is 0 Å². The summed E-state index contributed by atoms with van der Waals surface area (Å²) in [7, 11) is 0. The van der Waals surface area contributed by atoms with Crippen LogP contribution in [0.3, 0.4) is 0 Å². The van der Waals surface area contributed by atoms with Crippen molar-refractivity contribution in [3.05, 3.63) is 96.1 Å². The summed E-state index contributed by atoms with van der Waals surface area (Å²) in [5, 5.41) is 8.61. The van der Waals surface area contributed by atoms with Crippen LogP contribution >= 0.6 is 0 Å². The van der Waals surface area contributed by atoms with Crippen molar-refractivity contribution in [1.29, 1.82) is 0 Å². The van der Waals surface area contributed by atoms with Crippen LogP contribution in [0.2, 0.25) is 0 Å². The van der Waals surface area contributed by atoms with Crippen molar-refractivity contribution >= 4 is 22.4 Å². The average Bonchev–Trinajstić information content (AvgIpc) is 3.07. The number of nitrogens with two attached hydrogens (primary N) is 1. The van der Waals surface area contributed by atoms with E-state index >= 15 is 0 Å².